The van der Waals surface area contributed by atoms with Crippen molar-refractivity contribution in [2.45, 2.75) is 26.8 Å². The molecule has 2 heterocycles. The SMILES string of the molecule is CCc1cccc(NC(=O)Cn2c(=O)c3c(C(=O)OC)cc(C)nc3n(C)c2=O)c1. The van der Waals surface area contributed by atoms with E-state index in [0.29, 0.717) is 11.4 Å². The summed E-state index contributed by atoms with van der Waals surface area (Å²) in [5.41, 5.74) is 0.609. The van der Waals surface area contributed by atoms with Crippen LogP contribution < -0.4 is 16.6 Å². The maximum Gasteiger partial charge on any atom is 0.338 e. The number of aromatic nitrogens is 3. The van der Waals surface area contributed by atoms with Crippen molar-refractivity contribution in [3.63, 3.8) is 0 Å². The lowest BCUT2D eigenvalue weighted by Crippen LogP contribution is -2.42. The van der Waals surface area contributed by atoms with E-state index < -0.39 is 29.7 Å². The second-order valence-corrected chi connectivity index (χ2v) is 6.84. The minimum absolute atomic E-state index is 0.00888. The van der Waals surface area contributed by atoms with E-state index in [2.05, 4.69) is 10.3 Å². The molecule has 1 aromatic carbocycles. The Morgan fingerprint density at radius 3 is 2.60 bits per heavy atom. The van der Waals surface area contributed by atoms with E-state index in [1.165, 1.54) is 20.2 Å². The number of pyridine rings is 1. The summed E-state index contributed by atoms with van der Waals surface area (Å²) in [5.74, 6) is -1.27. The molecule has 156 valence electrons. The number of nitrogens with zero attached hydrogens (tertiary/aromatic N) is 3. The highest BCUT2D eigenvalue weighted by molar-refractivity contribution is 6.02. The van der Waals surface area contributed by atoms with Gasteiger partial charge in [-0.15, -0.1) is 0 Å². The molecule has 0 bridgehead atoms. The number of carbonyl (C=O) groups is 2. The normalized spacial score (nSPS) is 10.8. The summed E-state index contributed by atoms with van der Waals surface area (Å²) in [6, 6.07) is 8.71. The van der Waals surface area contributed by atoms with Crippen molar-refractivity contribution in [2.24, 2.45) is 7.05 Å². The fraction of sp³-hybridized carbons (Fsp3) is 0.286. The van der Waals surface area contributed by atoms with Gasteiger partial charge in [0.25, 0.3) is 5.56 Å². The van der Waals surface area contributed by atoms with Gasteiger partial charge in [-0.25, -0.2) is 14.6 Å². The van der Waals surface area contributed by atoms with Crippen molar-refractivity contribution in [2.75, 3.05) is 12.4 Å². The summed E-state index contributed by atoms with van der Waals surface area (Å²) in [6.07, 6.45) is 0.803. The van der Waals surface area contributed by atoms with Crippen molar-refractivity contribution >= 4 is 28.6 Å². The minimum Gasteiger partial charge on any atom is -0.465 e. The van der Waals surface area contributed by atoms with Crippen molar-refractivity contribution < 1.29 is 14.3 Å². The van der Waals surface area contributed by atoms with E-state index in [1.54, 1.807) is 13.0 Å². The molecule has 30 heavy (non-hydrogen) atoms. The molecule has 0 aliphatic heterocycles. The number of rotatable bonds is 5. The topological polar surface area (TPSA) is 112 Å². The summed E-state index contributed by atoms with van der Waals surface area (Å²) in [4.78, 5) is 54.8. The number of anilines is 1. The van der Waals surface area contributed by atoms with Crippen molar-refractivity contribution in [1.29, 1.82) is 0 Å². The minimum atomic E-state index is -0.779. The van der Waals surface area contributed by atoms with Gasteiger partial charge in [0.15, 0.2) is 0 Å². The number of nitrogens with one attached hydrogen (secondary N) is 1. The molecular formula is C21H22N4O5. The molecule has 0 atom stereocenters. The Balaban J connectivity index is 2.09. The van der Waals surface area contributed by atoms with Gasteiger partial charge < -0.3 is 10.1 Å². The van der Waals surface area contributed by atoms with Crippen molar-refractivity contribution in [3.05, 3.63) is 68.0 Å². The Morgan fingerprint density at radius 2 is 1.93 bits per heavy atom. The predicted molar refractivity (Wildman–Crippen MR) is 112 cm³/mol. The number of fused-ring (bicyclic) bond motifs is 1. The molecule has 0 radical (unpaired) electrons. The second kappa shape index (κ2) is 8.32. The van der Waals surface area contributed by atoms with Gasteiger partial charge in [-0.2, -0.15) is 0 Å². The number of hydrogen-bond donors (Lipinski definition) is 1. The van der Waals surface area contributed by atoms with Gasteiger partial charge in [0.05, 0.1) is 18.1 Å². The van der Waals surface area contributed by atoms with Crippen LogP contribution in [0.5, 0.6) is 0 Å². The van der Waals surface area contributed by atoms with E-state index >= 15 is 0 Å². The maximum absolute atomic E-state index is 13.1. The van der Waals surface area contributed by atoms with Crippen LogP contribution in [0, 0.1) is 6.92 Å². The molecule has 2 aromatic heterocycles. The Bertz CT molecular complexity index is 1270. The Morgan fingerprint density at radius 1 is 1.20 bits per heavy atom. The number of ether oxygens (including phenoxy) is 1. The number of methoxy groups -OCH3 is 1. The zero-order valence-corrected chi connectivity index (χ0v) is 17.2. The first kappa shape index (κ1) is 21.0. The lowest BCUT2D eigenvalue weighted by atomic mass is 10.1. The summed E-state index contributed by atoms with van der Waals surface area (Å²) < 4.78 is 6.69. The molecule has 0 aliphatic rings. The van der Waals surface area contributed by atoms with Crippen LogP contribution in [-0.4, -0.2) is 33.1 Å². The Hall–Kier alpha value is -3.75. The molecule has 3 rings (SSSR count). The summed E-state index contributed by atoms with van der Waals surface area (Å²) in [6.45, 7) is 3.12. The highest BCUT2D eigenvalue weighted by atomic mass is 16.5. The Labute approximate surface area is 171 Å². The van der Waals surface area contributed by atoms with Crippen LogP contribution in [0.4, 0.5) is 5.69 Å². The molecule has 0 saturated carbocycles. The van der Waals surface area contributed by atoms with Crippen molar-refractivity contribution in [3.8, 4) is 0 Å². The van der Waals surface area contributed by atoms with Crippen LogP contribution in [0.1, 0.15) is 28.5 Å². The smallest absolute Gasteiger partial charge is 0.338 e. The summed E-state index contributed by atoms with van der Waals surface area (Å²) >= 11 is 0. The fourth-order valence-electron chi connectivity index (χ4n) is 3.23. The Kier molecular flexibility index (Phi) is 5.81. The fourth-order valence-corrected chi connectivity index (χ4v) is 3.23. The zero-order valence-electron chi connectivity index (χ0n) is 17.2. The maximum atomic E-state index is 13.1. The molecule has 0 saturated heterocycles. The number of benzene rings is 1. The number of esters is 1. The lowest BCUT2D eigenvalue weighted by Gasteiger charge is -2.13. The number of aryl methyl sites for hydroxylation is 3. The molecule has 0 unspecified atom stereocenters. The summed E-state index contributed by atoms with van der Waals surface area (Å²) in [7, 11) is 2.62. The van der Waals surface area contributed by atoms with Gasteiger partial charge in [0.2, 0.25) is 5.91 Å². The van der Waals surface area contributed by atoms with Crippen LogP contribution in [0.15, 0.2) is 39.9 Å². The third-order valence-corrected chi connectivity index (χ3v) is 4.75. The van der Waals surface area contributed by atoms with Crippen molar-refractivity contribution in [1.82, 2.24) is 14.1 Å². The first-order valence-electron chi connectivity index (χ1n) is 9.35. The predicted octanol–water partition coefficient (Wildman–Crippen LogP) is 1.39. The molecule has 1 N–H and O–H groups in total. The van der Waals surface area contributed by atoms with Crippen LogP contribution in [-0.2, 0) is 29.5 Å². The quantitative estimate of drug-likeness (QED) is 0.636. The molecule has 0 fully saturated rings. The van der Waals surface area contributed by atoms with Gasteiger partial charge >= 0.3 is 11.7 Å². The van der Waals surface area contributed by atoms with Crippen LogP contribution in [0.3, 0.4) is 0 Å². The highest BCUT2D eigenvalue weighted by Crippen LogP contribution is 2.15. The largest absolute Gasteiger partial charge is 0.465 e. The van der Waals surface area contributed by atoms with Crippen LogP contribution >= 0.6 is 0 Å². The van der Waals surface area contributed by atoms with E-state index in [1.807, 2.05) is 25.1 Å². The molecule has 0 aliphatic carbocycles. The third-order valence-electron chi connectivity index (χ3n) is 4.75. The third kappa shape index (κ3) is 3.86. The molecule has 0 spiro atoms. The van der Waals surface area contributed by atoms with Gasteiger partial charge in [-0.1, -0.05) is 19.1 Å². The average molecular weight is 410 g/mol. The highest BCUT2D eigenvalue weighted by Gasteiger charge is 2.21. The van der Waals surface area contributed by atoms with Gasteiger partial charge in [-0.05, 0) is 37.1 Å². The molecular weight excluding hydrogens is 388 g/mol. The standard InChI is InChI=1S/C21H22N4O5/c1-5-13-7-6-8-14(10-13)23-16(26)11-25-19(27)17-15(20(28)30-4)9-12(2)22-18(17)24(3)21(25)29/h6-10H,5,11H2,1-4H3,(H,23,26). The number of carbonyl (C=O) groups excluding carboxylic acids is 2. The molecule has 9 nitrogen and oxygen atoms in total. The first-order chi connectivity index (χ1) is 14.3. The van der Waals surface area contributed by atoms with E-state index in [9.17, 15) is 19.2 Å². The lowest BCUT2D eigenvalue weighted by molar-refractivity contribution is -0.116. The molecule has 1 amide bonds. The molecule has 3 aromatic rings. The number of amides is 1. The first-order valence-corrected chi connectivity index (χ1v) is 9.35. The monoisotopic (exact) mass is 410 g/mol. The van der Waals surface area contributed by atoms with Gasteiger partial charge in [0.1, 0.15) is 12.2 Å². The van der Waals surface area contributed by atoms with Gasteiger partial charge in [-0.3, -0.25) is 18.7 Å². The number of hydrogen-bond acceptors (Lipinski definition) is 6. The zero-order chi connectivity index (χ0) is 22.0. The average Bonchev–Trinajstić information content (AvgIpc) is 2.74. The van der Waals surface area contributed by atoms with Crippen LogP contribution in [0.25, 0.3) is 11.0 Å². The van der Waals surface area contributed by atoms with E-state index in [-0.39, 0.29) is 16.6 Å². The van der Waals surface area contributed by atoms with Gasteiger partial charge in [0, 0.05) is 18.4 Å². The van der Waals surface area contributed by atoms with Crippen LogP contribution in [0.2, 0.25) is 0 Å². The molecule has 9 heteroatoms. The summed E-state index contributed by atoms with van der Waals surface area (Å²) in [5, 5.41) is 2.62. The van der Waals surface area contributed by atoms with E-state index in [0.717, 1.165) is 21.1 Å². The van der Waals surface area contributed by atoms with E-state index in [4.69, 9.17) is 4.74 Å². The second-order valence-electron chi connectivity index (χ2n) is 6.84.